The van der Waals surface area contributed by atoms with Crippen molar-refractivity contribution in [2.24, 2.45) is 17.6 Å². The summed E-state index contributed by atoms with van der Waals surface area (Å²) >= 11 is 4.51. The van der Waals surface area contributed by atoms with Crippen LogP contribution in [0.4, 0.5) is 13.2 Å². The minimum Gasteiger partial charge on any atom is -0.396 e. The molecule has 1 rings (SSSR count). The number of piperidine rings is 1. The van der Waals surface area contributed by atoms with Crippen LogP contribution >= 0.6 is 12.2 Å². The third kappa shape index (κ3) is 4.70. The number of alkyl halides is 3. The molecular weight excluding hydrogens is 265 g/mol. The number of aliphatic hydroxyl groups excluding tert-OH is 1. The topological polar surface area (TPSA) is 49.5 Å². The summed E-state index contributed by atoms with van der Waals surface area (Å²) in [6, 6.07) is 0. The van der Waals surface area contributed by atoms with E-state index in [4.69, 9.17) is 10.8 Å². The first-order valence-electron chi connectivity index (χ1n) is 6.04. The van der Waals surface area contributed by atoms with Crippen molar-refractivity contribution in [2.75, 3.05) is 26.2 Å². The van der Waals surface area contributed by atoms with Gasteiger partial charge in [0.25, 0.3) is 0 Å². The maximum Gasteiger partial charge on any atom is 0.399 e. The molecule has 0 aliphatic carbocycles. The molecule has 3 nitrogen and oxygen atoms in total. The average Bonchev–Trinajstić information content (AvgIpc) is 2.25. The van der Waals surface area contributed by atoms with Gasteiger partial charge < -0.3 is 15.7 Å². The van der Waals surface area contributed by atoms with E-state index in [1.54, 1.807) is 4.90 Å². The van der Waals surface area contributed by atoms with Crippen molar-refractivity contribution in [3.8, 4) is 0 Å². The van der Waals surface area contributed by atoms with Gasteiger partial charge in [-0.05, 0) is 31.7 Å². The molecule has 7 heteroatoms. The number of likely N-dealkylation sites (tertiary alicyclic amines) is 1. The molecule has 3 N–H and O–H groups in total. The van der Waals surface area contributed by atoms with Crippen LogP contribution in [0.3, 0.4) is 0 Å². The third-order valence-corrected chi connectivity index (χ3v) is 3.60. The van der Waals surface area contributed by atoms with Gasteiger partial charge in [-0.3, -0.25) is 0 Å². The molecule has 1 saturated heterocycles. The lowest BCUT2D eigenvalue weighted by Gasteiger charge is -2.35. The van der Waals surface area contributed by atoms with E-state index in [2.05, 4.69) is 12.2 Å². The van der Waals surface area contributed by atoms with Crippen LogP contribution in [0.25, 0.3) is 0 Å². The van der Waals surface area contributed by atoms with Gasteiger partial charge in [-0.2, -0.15) is 13.2 Å². The first-order chi connectivity index (χ1) is 8.34. The molecule has 18 heavy (non-hydrogen) atoms. The van der Waals surface area contributed by atoms with Gasteiger partial charge >= 0.3 is 6.18 Å². The minimum absolute atomic E-state index is 0.0799. The maximum absolute atomic E-state index is 12.7. The van der Waals surface area contributed by atoms with Crippen molar-refractivity contribution in [3.63, 3.8) is 0 Å². The highest BCUT2D eigenvalue weighted by atomic mass is 32.1. The van der Waals surface area contributed by atoms with Crippen molar-refractivity contribution in [1.29, 1.82) is 0 Å². The number of hydrogen-bond donors (Lipinski definition) is 2. The molecule has 0 bridgehead atoms. The zero-order valence-corrected chi connectivity index (χ0v) is 10.9. The standard InChI is InChI=1S/C11H19F3N2OS/c12-11(13,14)9(10(15)18)7-16-4-1-2-8(6-16)3-5-17/h8-9,17H,1-7H2,(H2,15,18). The van der Waals surface area contributed by atoms with Crippen LogP contribution in [0.15, 0.2) is 0 Å². The first-order valence-corrected chi connectivity index (χ1v) is 6.44. The molecule has 106 valence electrons. The van der Waals surface area contributed by atoms with Gasteiger partial charge in [-0.15, -0.1) is 0 Å². The number of nitrogens with two attached hydrogens (primary N) is 1. The molecule has 0 aromatic rings. The molecule has 0 radical (unpaired) electrons. The summed E-state index contributed by atoms with van der Waals surface area (Å²) in [6.07, 6.45) is -1.93. The smallest absolute Gasteiger partial charge is 0.396 e. The Kier molecular flexibility index (Phi) is 5.81. The van der Waals surface area contributed by atoms with Crippen molar-refractivity contribution in [2.45, 2.75) is 25.4 Å². The van der Waals surface area contributed by atoms with E-state index in [9.17, 15) is 13.2 Å². The number of rotatable bonds is 5. The van der Waals surface area contributed by atoms with E-state index in [1.807, 2.05) is 0 Å². The van der Waals surface area contributed by atoms with Crippen LogP contribution in [-0.4, -0.2) is 47.4 Å². The first kappa shape index (κ1) is 15.7. The largest absolute Gasteiger partial charge is 0.399 e. The second-order valence-electron chi connectivity index (χ2n) is 4.78. The van der Waals surface area contributed by atoms with E-state index in [1.165, 1.54) is 0 Å². The summed E-state index contributed by atoms with van der Waals surface area (Å²) in [5.41, 5.74) is 5.18. The van der Waals surface area contributed by atoms with E-state index in [0.29, 0.717) is 19.5 Å². The van der Waals surface area contributed by atoms with Crippen LogP contribution in [0.1, 0.15) is 19.3 Å². The van der Waals surface area contributed by atoms with Gasteiger partial charge in [0.05, 0.1) is 4.99 Å². The number of halogens is 3. The van der Waals surface area contributed by atoms with Gasteiger partial charge in [0.15, 0.2) is 0 Å². The average molecular weight is 284 g/mol. The summed E-state index contributed by atoms with van der Waals surface area (Å²) in [7, 11) is 0. The lowest BCUT2D eigenvalue weighted by Crippen LogP contribution is -2.46. The Balaban J connectivity index is 2.56. The molecule has 1 aliphatic heterocycles. The van der Waals surface area contributed by atoms with E-state index in [0.717, 1.165) is 12.8 Å². The molecule has 0 spiro atoms. The normalized spacial score (nSPS) is 23.9. The second-order valence-corrected chi connectivity index (χ2v) is 5.25. The van der Waals surface area contributed by atoms with E-state index in [-0.39, 0.29) is 19.1 Å². The molecule has 2 unspecified atom stereocenters. The quantitative estimate of drug-likeness (QED) is 0.752. The fourth-order valence-corrected chi connectivity index (χ4v) is 2.56. The molecule has 1 aliphatic rings. The molecule has 1 fully saturated rings. The van der Waals surface area contributed by atoms with Gasteiger partial charge in [-0.1, -0.05) is 12.2 Å². The molecule has 0 saturated carbocycles. The van der Waals surface area contributed by atoms with Crippen LogP contribution < -0.4 is 5.73 Å². The van der Waals surface area contributed by atoms with Crippen LogP contribution in [0.5, 0.6) is 0 Å². The summed E-state index contributed by atoms with van der Waals surface area (Å²) < 4.78 is 38.2. The predicted molar refractivity (Wildman–Crippen MR) is 67.2 cm³/mol. The van der Waals surface area contributed by atoms with Crippen molar-refractivity contribution in [1.82, 2.24) is 4.90 Å². The number of thiocarbonyl (C=S) groups is 1. The van der Waals surface area contributed by atoms with Crippen molar-refractivity contribution in [3.05, 3.63) is 0 Å². The van der Waals surface area contributed by atoms with Gasteiger partial charge in [-0.25, -0.2) is 0 Å². The number of nitrogens with zero attached hydrogens (tertiary/aromatic N) is 1. The summed E-state index contributed by atoms with van der Waals surface area (Å²) in [5, 5.41) is 8.86. The maximum atomic E-state index is 12.7. The molecular formula is C11H19F3N2OS. The van der Waals surface area contributed by atoms with Crippen LogP contribution in [-0.2, 0) is 0 Å². The number of hydrogen-bond acceptors (Lipinski definition) is 3. The van der Waals surface area contributed by atoms with Crippen LogP contribution in [0.2, 0.25) is 0 Å². The molecule has 0 amide bonds. The zero-order valence-electron chi connectivity index (χ0n) is 10.1. The number of aliphatic hydroxyl groups is 1. The third-order valence-electron chi connectivity index (χ3n) is 3.32. The predicted octanol–water partition coefficient (Wildman–Crippen LogP) is 1.55. The van der Waals surface area contributed by atoms with Gasteiger partial charge in [0, 0.05) is 19.7 Å². The Morgan fingerprint density at radius 2 is 2.17 bits per heavy atom. The Labute approximate surface area is 110 Å². The zero-order chi connectivity index (χ0) is 13.8. The lowest BCUT2D eigenvalue weighted by atomic mass is 9.94. The highest BCUT2D eigenvalue weighted by Crippen LogP contribution is 2.29. The Morgan fingerprint density at radius 1 is 1.50 bits per heavy atom. The van der Waals surface area contributed by atoms with Gasteiger partial charge in [0.2, 0.25) is 0 Å². The SMILES string of the molecule is NC(=S)C(CN1CCCC(CCO)C1)C(F)(F)F. The summed E-state index contributed by atoms with van der Waals surface area (Å²) in [4.78, 5) is 1.26. The minimum atomic E-state index is -4.38. The fourth-order valence-electron chi connectivity index (χ4n) is 2.35. The Morgan fingerprint density at radius 3 is 2.67 bits per heavy atom. The highest BCUT2D eigenvalue weighted by molar-refractivity contribution is 7.80. The van der Waals surface area contributed by atoms with E-state index >= 15 is 0 Å². The van der Waals surface area contributed by atoms with Crippen molar-refractivity contribution < 1.29 is 18.3 Å². The Hall–Kier alpha value is -0.400. The second kappa shape index (κ2) is 6.68. The van der Waals surface area contributed by atoms with Crippen molar-refractivity contribution >= 4 is 17.2 Å². The van der Waals surface area contributed by atoms with Gasteiger partial charge in [0.1, 0.15) is 5.92 Å². The molecule has 0 aromatic carbocycles. The lowest BCUT2D eigenvalue weighted by molar-refractivity contribution is -0.160. The summed E-state index contributed by atoms with van der Waals surface area (Å²) in [6.45, 7) is 1.13. The van der Waals surface area contributed by atoms with Crippen LogP contribution in [0, 0.1) is 11.8 Å². The molecule has 2 atom stereocenters. The summed E-state index contributed by atoms with van der Waals surface area (Å²) in [5.74, 6) is -1.47. The highest BCUT2D eigenvalue weighted by Gasteiger charge is 2.42. The monoisotopic (exact) mass is 284 g/mol. The fraction of sp³-hybridized carbons (Fsp3) is 0.909. The van der Waals surface area contributed by atoms with E-state index < -0.39 is 17.1 Å². The molecule has 0 aromatic heterocycles. The molecule has 1 heterocycles. The Bertz CT molecular complexity index is 284.